The number of methoxy groups -OCH3 is 2. The standard InChI is InChI=1S/C20H20N4O5/c1-27-15-8-6-13(7-9-15)17-23-20(29-24-17)19(26)22-11-10-21-18(25)14-4-3-5-16(12-14)28-2/h3-9,12H,10-11H2,1-2H3,(H,21,25)(H,22,26). The Kier molecular flexibility index (Phi) is 6.41. The highest BCUT2D eigenvalue weighted by Crippen LogP contribution is 2.19. The lowest BCUT2D eigenvalue weighted by atomic mass is 10.2. The summed E-state index contributed by atoms with van der Waals surface area (Å²) in [6.07, 6.45) is 0. The molecule has 3 aromatic rings. The van der Waals surface area contributed by atoms with E-state index in [4.69, 9.17) is 14.0 Å². The van der Waals surface area contributed by atoms with Crippen LogP contribution in [-0.4, -0.2) is 49.3 Å². The molecule has 0 atom stereocenters. The summed E-state index contributed by atoms with van der Waals surface area (Å²) in [5.41, 5.74) is 1.16. The van der Waals surface area contributed by atoms with Crippen LogP contribution in [0.5, 0.6) is 11.5 Å². The number of amides is 2. The number of ether oxygens (including phenoxy) is 2. The molecule has 2 aromatic carbocycles. The highest BCUT2D eigenvalue weighted by molar-refractivity contribution is 5.94. The molecule has 0 spiro atoms. The molecule has 29 heavy (non-hydrogen) atoms. The Balaban J connectivity index is 1.48. The van der Waals surface area contributed by atoms with E-state index in [1.54, 1.807) is 55.6 Å². The van der Waals surface area contributed by atoms with Gasteiger partial charge < -0.3 is 24.6 Å². The average Bonchev–Trinajstić information content (AvgIpc) is 3.27. The summed E-state index contributed by atoms with van der Waals surface area (Å²) in [7, 11) is 3.11. The Morgan fingerprint density at radius 3 is 2.31 bits per heavy atom. The molecule has 0 saturated carbocycles. The molecule has 9 heteroatoms. The SMILES string of the molecule is COc1ccc(-c2noc(C(=O)NCCNC(=O)c3cccc(OC)c3)n2)cc1. The smallest absolute Gasteiger partial charge is 0.316 e. The van der Waals surface area contributed by atoms with Crippen molar-refractivity contribution in [3.63, 3.8) is 0 Å². The van der Waals surface area contributed by atoms with Crippen LogP contribution in [0, 0.1) is 0 Å². The highest BCUT2D eigenvalue weighted by Gasteiger charge is 2.16. The van der Waals surface area contributed by atoms with Gasteiger partial charge in [0.25, 0.3) is 5.91 Å². The Bertz CT molecular complexity index is 985. The third-order valence-electron chi connectivity index (χ3n) is 4.00. The van der Waals surface area contributed by atoms with Crippen molar-refractivity contribution in [3.05, 3.63) is 60.0 Å². The third-order valence-corrected chi connectivity index (χ3v) is 4.00. The summed E-state index contributed by atoms with van der Waals surface area (Å²) in [4.78, 5) is 28.3. The molecule has 0 radical (unpaired) electrons. The number of carbonyl (C=O) groups excluding carboxylic acids is 2. The number of aromatic nitrogens is 2. The minimum Gasteiger partial charge on any atom is -0.497 e. The zero-order valence-electron chi connectivity index (χ0n) is 16.0. The second-order valence-corrected chi connectivity index (χ2v) is 5.90. The maximum Gasteiger partial charge on any atom is 0.316 e. The molecular weight excluding hydrogens is 376 g/mol. The van der Waals surface area contributed by atoms with Crippen LogP contribution in [0.25, 0.3) is 11.4 Å². The van der Waals surface area contributed by atoms with Crippen LogP contribution >= 0.6 is 0 Å². The number of rotatable bonds is 8. The van der Waals surface area contributed by atoms with Crippen LogP contribution in [0.3, 0.4) is 0 Å². The van der Waals surface area contributed by atoms with E-state index in [0.29, 0.717) is 28.5 Å². The van der Waals surface area contributed by atoms with E-state index in [0.717, 1.165) is 0 Å². The molecule has 1 heterocycles. The number of nitrogens with one attached hydrogen (secondary N) is 2. The molecule has 2 amide bonds. The topological polar surface area (TPSA) is 116 Å². The van der Waals surface area contributed by atoms with Gasteiger partial charge in [0, 0.05) is 24.2 Å². The van der Waals surface area contributed by atoms with Crippen molar-refractivity contribution in [2.75, 3.05) is 27.3 Å². The first-order chi connectivity index (χ1) is 14.1. The van der Waals surface area contributed by atoms with Crippen molar-refractivity contribution in [1.82, 2.24) is 20.8 Å². The first kappa shape index (κ1) is 19.9. The average molecular weight is 396 g/mol. The summed E-state index contributed by atoms with van der Waals surface area (Å²) in [6.45, 7) is 0.441. The molecule has 2 N–H and O–H groups in total. The molecule has 0 aliphatic heterocycles. The number of nitrogens with zero attached hydrogens (tertiary/aromatic N) is 2. The van der Waals surface area contributed by atoms with E-state index < -0.39 is 5.91 Å². The predicted molar refractivity (Wildman–Crippen MR) is 104 cm³/mol. The van der Waals surface area contributed by atoms with E-state index in [1.807, 2.05) is 0 Å². The fourth-order valence-corrected chi connectivity index (χ4v) is 2.47. The molecule has 0 saturated heterocycles. The molecular formula is C20H20N4O5. The normalized spacial score (nSPS) is 10.3. The van der Waals surface area contributed by atoms with Crippen molar-refractivity contribution in [1.29, 1.82) is 0 Å². The van der Waals surface area contributed by atoms with Crippen LogP contribution in [0.2, 0.25) is 0 Å². The molecule has 1 aromatic heterocycles. The number of hydrogen-bond acceptors (Lipinski definition) is 7. The zero-order valence-corrected chi connectivity index (χ0v) is 16.0. The van der Waals surface area contributed by atoms with Crippen LogP contribution in [0.4, 0.5) is 0 Å². The fourth-order valence-electron chi connectivity index (χ4n) is 2.47. The Morgan fingerprint density at radius 1 is 0.931 bits per heavy atom. The van der Waals surface area contributed by atoms with Gasteiger partial charge in [0.1, 0.15) is 11.5 Å². The van der Waals surface area contributed by atoms with Crippen LogP contribution < -0.4 is 20.1 Å². The second-order valence-electron chi connectivity index (χ2n) is 5.90. The lowest BCUT2D eigenvalue weighted by Gasteiger charge is -2.07. The minimum absolute atomic E-state index is 0.157. The van der Waals surface area contributed by atoms with Gasteiger partial charge in [-0.3, -0.25) is 9.59 Å². The number of carbonyl (C=O) groups is 2. The number of hydrogen-bond donors (Lipinski definition) is 2. The van der Waals surface area contributed by atoms with E-state index in [1.165, 1.54) is 7.11 Å². The van der Waals surface area contributed by atoms with Crippen LogP contribution in [0.15, 0.2) is 53.1 Å². The van der Waals surface area contributed by atoms with Gasteiger partial charge in [0.05, 0.1) is 14.2 Å². The first-order valence-corrected chi connectivity index (χ1v) is 8.79. The molecule has 0 aliphatic rings. The van der Waals surface area contributed by atoms with Gasteiger partial charge in [-0.15, -0.1) is 0 Å². The van der Waals surface area contributed by atoms with Crippen molar-refractivity contribution in [2.45, 2.75) is 0 Å². The Labute approximate surface area is 167 Å². The predicted octanol–water partition coefficient (Wildman–Crippen LogP) is 1.91. The maximum atomic E-state index is 12.1. The van der Waals surface area contributed by atoms with E-state index in [9.17, 15) is 9.59 Å². The van der Waals surface area contributed by atoms with E-state index in [-0.39, 0.29) is 24.9 Å². The summed E-state index contributed by atoms with van der Waals surface area (Å²) >= 11 is 0. The number of benzene rings is 2. The van der Waals surface area contributed by atoms with Crippen molar-refractivity contribution in [2.24, 2.45) is 0 Å². The summed E-state index contributed by atoms with van der Waals surface area (Å²) in [5, 5.41) is 9.13. The molecule has 150 valence electrons. The van der Waals surface area contributed by atoms with Crippen molar-refractivity contribution >= 4 is 11.8 Å². The largest absolute Gasteiger partial charge is 0.497 e. The van der Waals surface area contributed by atoms with Gasteiger partial charge in [-0.05, 0) is 42.5 Å². The van der Waals surface area contributed by atoms with Crippen LogP contribution in [0.1, 0.15) is 21.0 Å². The molecule has 0 fully saturated rings. The fraction of sp³-hybridized carbons (Fsp3) is 0.200. The zero-order chi connectivity index (χ0) is 20.6. The summed E-state index contributed by atoms with van der Waals surface area (Å²) in [5.74, 6) is 0.644. The van der Waals surface area contributed by atoms with Crippen molar-refractivity contribution in [3.8, 4) is 22.9 Å². The van der Waals surface area contributed by atoms with Gasteiger partial charge in [0.15, 0.2) is 0 Å². The van der Waals surface area contributed by atoms with Gasteiger partial charge in [0.2, 0.25) is 5.82 Å². The molecule has 3 rings (SSSR count). The Hall–Kier alpha value is -3.88. The highest BCUT2D eigenvalue weighted by atomic mass is 16.5. The maximum absolute atomic E-state index is 12.1. The molecule has 0 aliphatic carbocycles. The lowest BCUT2D eigenvalue weighted by molar-refractivity contribution is 0.0898. The quantitative estimate of drug-likeness (QED) is 0.559. The summed E-state index contributed by atoms with van der Waals surface area (Å²) in [6, 6.07) is 13.8. The van der Waals surface area contributed by atoms with Gasteiger partial charge >= 0.3 is 11.8 Å². The minimum atomic E-state index is -0.520. The van der Waals surface area contributed by atoms with Crippen LogP contribution in [-0.2, 0) is 0 Å². The monoisotopic (exact) mass is 396 g/mol. The molecule has 0 unspecified atom stereocenters. The molecule has 0 bridgehead atoms. The van der Waals surface area contributed by atoms with Gasteiger partial charge in [-0.25, -0.2) is 0 Å². The third kappa shape index (κ3) is 5.10. The van der Waals surface area contributed by atoms with Crippen molar-refractivity contribution < 1.29 is 23.6 Å². The second kappa shape index (κ2) is 9.36. The van der Waals surface area contributed by atoms with Gasteiger partial charge in [-0.1, -0.05) is 11.2 Å². The van der Waals surface area contributed by atoms with E-state index >= 15 is 0 Å². The first-order valence-electron chi connectivity index (χ1n) is 8.79. The molecule has 9 nitrogen and oxygen atoms in total. The van der Waals surface area contributed by atoms with E-state index in [2.05, 4.69) is 20.8 Å². The lowest BCUT2D eigenvalue weighted by Crippen LogP contribution is -2.34. The Morgan fingerprint density at radius 2 is 1.62 bits per heavy atom. The van der Waals surface area contributed by atoms with Gasteiger partial charge in [-0.2, -0.15) is 4.98 Å². The summed E-state index contributed by atoms with van der Waals surface area (Å²) < 4.78 is 15.2.